The zero-order chi connectivity index (χ0) is 18.9. The van der Waals surface area contributed by atoms with Gasteiger partial charge in [-0.05, 0) is 24.1 Å². The maximum atomic E-state index is 12.0. The summed E-state index contributed by atoms with van der Waals surface area (Å²) in [6.07, 6.45) is 4.35. The summed E-state index contributed by atoms with van der Waals surface area (Å²) >= 11 is 0. The Morgan fingerprint density at radius 2 is 1.67 bits per heavy atom. The molecule has 0 unspecified atom stereocenters. The number of hydrogen-bond donors (Lipinski definition) is 2. The van der Waals surface area contributed by atoms with Crippen molar-refractivity contribution in [1.82, 2.24) is 15.1 Å². The Morgan fingerprint density at radius 1 is 0.963 bits per heavy atom. The van der Waals surface area contributed by atoms with E-state index in [0.29, 0.717) is 37.2 Å². The van der Waals surface area contributed by atoms with Crippen LogP contribution in [0.25, 0.3) is 0 Å². The van der Waals surface area contributed by atoms with E-state index in [-0.39, 0.29) is 11.8 Å². The Balaban J connectivity index is 1.38. The van der Waals surface area contributed by atoms with Crippen LogP contribution in [0.1, 0.15) is 28.8 Å². The van der Waals surface area contributed by atoms with E-state index in [0.717, 1.165) is 5.56 Å². The van der Waals surface area contributed by atoms with Crippen LogP contribution in [0.3, 0.4) is 0 Å². The molecule has 6 heteroatoms. The number of carbonyl (C=O) groups is 2. The van der Waals surface area contributed by atoms with Crippen LogP contribution in [0.5, 0.6) is 0 Å². The molecule has 0 bridgehead atoms. The Labute approximate surface area is 158 Å². The first-order valence-corrected chi connectivity index (χ1v) is 8.90. The Hall–Kier alpha value is -3.41. The van der Waals surface area contributed by atoms with Crippen molar-refractivity contribution >= 4 is 17.5 Å². The van der Waals surface area contributed by atoms with E-state index in [2.05, 4.69) is 15.7 Å². The highest BCUT2D eigenvalue weighted by Crippen LogP contribution is 2.08. The van der Waals surface area contributed by atoms with Crippen LogP contribution in [0.15, 0.2) is 73.1 Å². The van der Waals surface area contributed by atoms with Gasteiger partial charge < -0.3 is 10.6 Å². The summed E-state index contributed by atoms with van der Waals surface area (Å²) in [4.78, 5) is 23.9. The Kier molecular flexibility index (Phi) is 6.35. The second-order valence-corrected chi connectivity index (χ2v) is 6.19. The van der Waals surface area contributed by atoms with Gasteiger partial charge in [-0.2, -0.15) is 5.10 Å². The van der Waals surface area contributed by atoms with Crippen molar-refractivity contribution in [3.8, 4) is 0 Å². The molecule has 0 aliphatic carbocycles. The van der Waals surface area contributed by atoms with Gasteiger partial charge in [0.15, 0.2) is 0 Å². The lowest BCUT2D eigenvalue weighted by atomic mass is 10.2. The van der Waals surface area contributed by atoms with Gasteiger partial charge >= 0.3 is 0 Å². The van der Waals surface area contributed by atoms with Crippen molar-refractivity contribution in [2.24, 2.45) is 0 Å². The maximum Gasteiger partial charge on any atom is 0.251 e. The fraction of sp³-hybridized carbons (Fsp3) is 0.190. The van der Waals surface area contributed by atoms with Gasteiger partial charge in [0, 0.05) is 24.7 Å². The summed E-state index contributed by atoms with van der Waals surface area (Å²) in [5.41, 5.74) is 2.43. The average Bonchev–Trinajstić information content (AvgIpc) is 3.13. The first-order valence-electron chi connectivity index (χ1n) is 8.90. The van der Waals surface area contributed by atoms with Crippen LogP contribution in [-0.4, -0.2) is 28.1 Å². The van der Waals surface area contributed by atoms with Gasteiger partial charge in [-0.1, -0.05) is 48.5 Å². The van der Waals surface area contributed by atoms with Crippen molar-refractivity contribution < 1.29 is 9.59 Å². The molecular weight excluding hydrogens is 340 g/mol. The van der Waals surface area contributed by atoms with Crippen molar-refractivity contribution in [2.75, 3.05) is 11.9 Å². The van der Waals surface area contributed by atoms with E-state index in [4.69, 9.17) is 0 Å². The highest BCUT2D eigenvalue weighted by Gasteiger charge is 2.07. The van der Waals surface area contributed by atoms with E-state index in [1.54, 1.807) is 23.0 Å². The van der Waals surface area contributed by atoms with Crippen molar-refractivity contribution in [3.05, 3.63) is 84.2 Å². The number of carbonyl (C=O) groups excluding carboxylic acids is 2. The highest BCUT2D eigenvalue weighted by atomic mass is 16.2. The number of rotatable bonds is 8. The van der Waals surface area contributed by atoms with Crippen LogP contribution in [0.4, 0.5) is 5.69 Å². The molecule has 138 valence electrons. The van der Waals surface area contributed by atoms with Crippen LogP contribution in [0, 0.1) is 0 Å². The molecule has 3 rings (SSSR count). The van der Waals surface area contributed by atoms with E-state index < -0.39 is 0 Å². The van der Waals surface area contributed by atoms with Gasteiger partial charge in [-0.3, -0.25) is 14.3 Å². The quantitative estimate of drug-likeness (QED) is 0.605. The number of nitrogens with one attached hydrogen (secondary N) is 2. The van der Waals surface area contributed by atoms with Crippen LogP contribution in [-0.2, 0) is 11.3 Å². The third kappa shape index (κ3) is 5.81. The molecule has 1 heterocycles. The lowest BCUT2D eigenvalue weighted by Gasteiger charge is -2.05. The number of aromatic nitrogens is 2. The molecule has 0 radical (unpaired) electrons. The number of nitrogens with zero attached hydrogens (tertiary/aromatic N) is 2. The van der Waals surface area contributed by atoms with E-state index in [1.165, 1.54) is 0 Å². The van der Waals surface area contributed by atoms with Gasteiger partial charge in [0.1, 0.15) is 0 Å². The summed E-state index contributed by atoms with van der Waals surface area (Å²) in [5.74, 6) is -0.221. The second-order valence-electron chi connectivity index (χ2n) is 6.19. The first-order chi connectivity index (χ1) is 13.2. The van der Waals surface area contributed by atoms with Crippen LogP contribution in [0.2, 0.25) is 0 Å². The Morgan fingerprint density at radius 3 is 2.41 bits per heavy atom. The molecule has 0 atom stereocenters. The largest absolute Gasteiger partial charge is 0.352 e. The normalized spacial score (nSPS) is 10.4. The molecule has 0 saturated heterocycles. The van der Waals surface area contributed by atoms with Gasteiger partial charge in [-0.15, -0.1) is 0 Å². The van der Waals surface area contributed by atoms with Crippen molar-refractivity contribution in [2.45, 2.75) is 19.4 Å². The third-order valence-corrected chi connectivity index (χ3v) is 4.01. The van der Waals surface area contributed by atoms with Gasteiger partial charge in [0.05, 0.1) is 18.4 Å². The lowest BCUT2D eigenvalue weighted by molar-refractivity contribution is -0.116. The zero-order valence-electron chi connectivity index (χ0n) is 15.0. The van der Waals surface area contributed by atoms with Crippen LogP contribution < -0.4 is 10.6 Å². The summed E-state index contributed by atoms with van der Waals surface area (Å²) in [6.45, 7) is 1.11. The molecule has 0 aliphatic rings. The smallest absolute Gasteiger partial charge is 0.251 e. The predicted octanol–water partition coefficient (Wildman–Crippen LogP) is 3.08. The van der Waals surface area contributed by atoms with Gasteiger partial charge in [0.2, 0.25) is 5.91 Å². The molecule has 6 nitrogen and oxygen atoms in total. The molecule has 2 N–H and O–H groups in total. The topological polar surface area (TPSA) is 76.0 Å². The zero-order valence-corrected chi connectivity index (χ0v) is 15.0. The predicted molar refractivity (Wildman–Crippen MR) is 104 cm³/mol. The molecule has 1 aromatic heterocycles. The summed E-state index contributed by atoms with van der Waals surface area (Å²) in [7, 11) is 0. The second kappa shape index (κ2) is 9.33. The van der Waals surface area contributed by atoms with Crippen molar-refractivity contribution in [3.63, 3.8) is 0 Å². The SMILES string of the molecule is O=C(CCCNC(=O)c1ccccc1)Nc1cnn(Cc2ccccc2)c1. The summed E-state index contributed by atoms with van der Waals surface area (Å²) in [6, 6.07) is 19.0. The minimum absolute atomic E-state index is 0.0942. The highest BCUT2D eigenvalue weighted by molar-refractivity contribution is 5.94. The third-order valence-electron chi connectivity index (χ3n) is 4.01. The fourth-order valence-electron chi connectivity index (χ4n) is 2.65. The van der Waals surface area contributed by atoms with E-state index >= 15 is 0 Å². The minimum Gasteiger partial charge on any atom is -0.352 e. The van der Waals surface area contributed by atoms with E-state index in [9.17, 15) is 9.59 Å². The average molecular weight is 362 g/mol. The monoisotopic (exact) mass is 362 g/mol. The number of benzene rings is 2. The molecule has 2 aromatic carbocycles. The molecule has 0 spiro atoms. The summed E-state index contributed by atoms with van der Waals surface area (Å²) < 4.78 is 1.78. The van der Waals surface area contributed by atoms with Crippen molar-refractivity contribution in [1.29, 1.82) is 0 Å². The molecule has 0 saturated carbocycles. The van der Waals surface area contributed by atoms with Crippen LogP contribution >= 0.6 is 0 Å². The summed E-state index contributed by atoms with van der Waals surface area (Å²) in [5, 5.41) is 9.91. The van der Waals surface area contributed by atoms with E-state index in [1.807, 2.05) is 54.7 Å². The van der Waals surface area contributed by atoms with Gasteiger partial charge in [0.25, 0.3) is 5.91 Å². The lowest BCUT2D eigenvalue weighted by Crippen LogP contribution is -2.25. The number of hydrogen-bond acceptors (Lipinski definition) is 3. The first kappa shape index (κ1) is 18.4. The molecule has 2 amide bonds. The molecular formula is C21H22N4O2. The number of anilines is 1. The molecule has 0 aliphatic heterocycles. The standard InChI is InChI=1S/C21H22N4O2/c26-20(12-7-13-22-21(27)18-10-5-2-6-11-18)24-19-14-23-25(16-19)15-17-8-3-1-4-9-17/h1-6,8-11,14,16H,7,12-13,15H2,(H,22,27)(H,24,26). The fourth-order valence-corrected chi connectivity index (χ4v) is 2.65. The van der Waals surface area contributed by atoms with Gasteiger partial charge in [-0.25, -0.2) is 0 Å². The Bertz CT molecular complexity index is 875. The molecule has 3 aromatic rings. The molecule has 0 fully saturated rings. The number of amides is 2. The molecule has 27 heavy (non-hydrogen) atoms. The maximum absolute atomic E-state index is 12.0. The minimum atomic E-state index is -0.127.